The van der Waals surface area contributed by atoms with Crippen LogP contribution in [0.5, 0.6) is 0 Å². The third kappa shape index (κ3) is 1.67. The van der Waals surface area contributed by atoms with Crippen molar-refractivity contribution in [3.63, 3.8) is 0 Å². The van der Waals surface area contributed by atoms with Crippen LogP contribution < -0.4 is 0 Å². The molecule has 1 nitrogen and oxygen atoms in total. The van der Waals surface area contributed by atoms with Gasteiger partial charge < -0.3 is 0 Å². The highest BCUT2D eigenvalue weighted by atomic mass is 35.5. The highest BCUT2D eigenvalue weighted by Gasteiger charge is 2.14. The number of alkyl halides is 2. The molecule has 5 heteroatoms. The first-order valence-corrected chi connectivity index (χ1v) is 3.88. The summed E-state index contributed by atoms with van der Waals surface area (Å²) in [5, 5.41) is 0.146. The normalized spacial score (nSPS) is 10.8. The Kier molecular flexibility index (Phi) is 2.85. The highest BCUT2D eigenvalue weighted by Crippen LogP contribution is 2.30. The standard InChI is InChI=1S/C7H5Cl2F2N/c1-3-4(7(10)11)2-12-6(9)5(3)8/h2,7H,1H3. The maximum absolute atomic E-state index is 12.2. The van der Waals surface area contributed by atoms with Crippen LogP contribution in [0, 0.1) is 6.92 Å². The van der Waals surface area contributed by atoms with Crippen LogP contribution in [-0.4, -0.2) is 4.98 Å². The molecule has 1 aromatic heterocycles. The highest BCUT2D eigenvalue weighted by molar-refractivity contribution is 6.41. The van der Waals surface area contributed by atoms with Gasteiger partial charge in [0.1, 0.15) is 5.15 Å². The molecule has 0 bridgehead atoms. The number of aromatic nitrogens is 1. The number of rotatable bonds is 1. The van der Waals surface area contributed by atoms with Gasteiger partial charge in [-0.25, -0.2) is 13.8 Å². The lowest BCUT2D eigenvalue weighted by Crippen LogP contribution is -1.93. The molecule has 66 valence electrons. The zero-order valence-electron chi connectivity index (χ0n) is 6.11. The zero-order valence-corrected chi connectivity index (χ0v) is 7.63. The van der Waals surface area contributed by atoms with Gasteiger partial charge >= 0.3 is 0 Å². The Bertz CT molecular complexity index is 302. The molecule has 0 radical (unpaired) electrons. The van der Waals surface area contributed by atoms with E-state index in [0.717, 1.165) is 6.20 Å². The molecule has 0 fully saturated rings. The largest absolute Gasteiger partial charge is 0.265 e. The molecule has 0 aliphatic rings. The van der Waals surface area contributed by atoms with E-state index in [1.807, 2.05) is 0 Å². The van der Waals surface area contributed by atoms with Gasteiger partial charge in [-0.05, 0) is 12.5 Å². The first-order valence-electron chi connectivity index (χ1n) is 3.12. The summed E-state index contributed by atoms with van der Waals surface area (Å²) in [6.45, 7) is 1.48. The van der Waals surface area contributed by atoms with Gasteiger partial charge in [0.15, 0.2) is 0 Å². The van der Waals surface area contributed by atoms with Crippen LogP contribution >= 0.6 is 23.2 Å². The summed E-state index contributed by atoms with van der Waals surface area (Å²) in [4.78, 5) is 3.51. The van der Waals surface area contributed by atoms with Crippen molar-refractivity contribution in [2.75, 3.05) is 0 Å². The van der Waals surface area contributed by atoms with E-state index in [9.17, 15) is 8.78 Å². The van der Waals surface area contributed by atoms with Gasteiger partial charge in [0.05, 0.1) is 5.02 Å². The van der Waals surface area contributed by atoms with Crippen molar-refractivity contribution in [1.82, 2.24) is 4.98 Å². The summed E-state index contributed by atoms with van der Waals surface area (Å²) in [6.07, 6.45) is -1.53. The Morgan fingerprint density at radius 1 is 1.42 bits per heavy atom. The van der Waals surface area contributed by atoms with Crippen LogP contribution in [0.4, 0.5) is 8.78 Å². The summed E-state index contributed by atoms with van der Waals surface area (Å²) in [6, 6.07) is 0. The number of hydrogen-bond acceptors (Lipinski definition) is 1. The summed E-state index contributed by atoms with van der Waals surface area (Å²) >= 11 is 11.1. The van der Waals surface area contributed by atoms with E-state index >= 15 is 0 Å². The maximum atomic E-state index is 12.2. The fraction of sp³-hybridized carbons (Fsp3) is 0.286. The average molecular weight is 212 g/mol. The summed E-state index contributed by atoms with van der Waals surface area (Å²) < 4.78 is 24.4. The lowest BCUT2D eigenvalue weighted by Gasteiger charge is -2.05. The van der Waals surface area contributed by atoms with Gasteiger partial charge in [0.2, 0.25) is 0 Å². The Morgan fingerprint density at radius 2 is 2.00 bits per heavy atom. The summed E-state index contributed by atoms with van der Waals surface area (Å²) in [5.41, 5.74) is 0.107. The molecule has 0 amide bonds. The monoisotopic (exact) mass is 211 g/mol. The van der Waals surface area contributed by atoms with Gasteiger partial charge in [0, 0.05) is 11.8 Å². The van der Waals surface area contributed by atoms with Crippen LogP contribution in [0.3, 0.4) is 0 Å². The fourth-order valence-corrected chi connectivity index (χ4v) is 1.13. The SMILES string of the molecule is Cc1c(C(F)F)cnc(Cl)c1Cl. The number of hydrogen-bond donors (Lipinski definition) is 0. The first kappa shape index (κ1) is 9.68. The summed E-state index contributed by atoms with van der Waals surface area (Å²) in [5.74, 6) is 0. The van der Waals surface area contributed by atoms with Crippen LogP contribution in [0.1, 0.15) is 17.6 Å². The van der Waals surface area contributed by atoms with Gasteiger partial charge in [-0.15, -0.1) is 0 Å². The molecule has 1 heterocycles. The third-order valence-electron chi connectivity index (χ3n) is 1.50. The molecule has 0 aliphatic heterocycles. The molecule has 0 saturated heterocycles. The lowest BCUT2D eigenvalue weighted by molar-refractivity contribution is 0.150. The topological polar surface area (TPSA) is 12.9 Å². The van der Waals surface area contributed by atoms with Crippen LogP contribution in [0.15, 0.2) is 6.20 Å². The predicted molar refractivity (Wildman–Crippen MR) is 44.0 cm³/mol. The van der Waals surface area contributed by atoms with Crippen molar-refractivity contribution < 1.29 is 8.78 Å². The Morgan fingerprint density at radius 3 is 2.50 bits per heavy atom. The minimum atomic E-state index is -2.56. The Balaban J connectivity index is 3.27. The molecular weight excluding hydrogens is 207 g/mol. The predicted octanol–water partition coefficient (Wildman–Crippen LogP) is 3.63. The van der Waals surface area contributed by atoms with Crippen molar-refractivity contribution in [3.05, 3.63) is 27.5 Å². The molecule has 0 aliphatic carbocycles. The van der Waals surface area contributed by atoms with Crippen LogP contribution in [0.2, 0.25) is 10.2 Å². The van der Waals surface area contributed by atoms with E-state index in [-0.39, 0.29) is 21.3 Å². The van der Waals surface area contributed by atoms with E-state index in [1.165, 1.54) is 6.92 Å². The molecule has 1 aromatic rings. The molecule has 0 saturated carbocycles. The fourth-order valence-electron chi connectivity index (χ4n) is 0.781. The van der Waals surface area contributed by atoms with Crippen molar-refractivity contribution >= 4 is 23.2 Å². The number of halogens is 4. The van der Waals surface area contributed by atoms with Crippen molar-refractivity contribution in [2.45, 2.75) is 13.3 Å². The molecule has 12 heavy (non-hydrogen) atoms. The zero-order chi connectivity index (χ0) is 9.30. The third-order valence-corrected chi connectivity index (χ3v) is 2.34. The second kappa shape index (κ2) is 3.54. The van der Waals surface area contributed by atoms with Gasteiger partial charge in [-0.2, -0.15) is 0 Å². The van der Waals surface area contributed by atoms with E-state index in [4.69, 9.17) is 23.2 Å². The van der Waals surface area contributed by atoms with E-state index in [2.05, 4.69) is 4.98 Å². The van der Waals surface area contributed by atoms with E-state index < -0.39 is 6.43 Å². The quantitative estimate of drug-likeness (QED) is 0.647. The van der Waals surface area contributed by atoms with Crippen molar-refractivity contribution in [1.29, 1.82) is 0 Å². The molecule has 0 spiro atoms. The number of nitrogens with zero attached hydrogens (tertiary/aromatic N) is 1. The second-order valence-corrected chi connectivity index (χ2v) is 2.98. The molecule has 1 rings (SSSR count). The van der Waals surface area contributed by atoms with Crippen LogP contribution in [0.25, 0.3) is 0 Å². The molecule has 0 unspecified atom stereocenters. The Hall–Kier alpha value is -0.410. The lowest BCUT2D eigenvalue weighted by atomic mass is 10.2. The van der Waals surface area contributed by atoms with Gasteiger partial charge in [0.25, 0.3) is 6.43 Å². The van der Waals surface area contributed by atoms with Gasteiger partial charge in [-0.3, -0.25) is 0 Å². The second-order valence-electron chi connectivity index (χ2n) is 2.24. The molecule has 0 N–H and O–H groups in total. The minimum absolute atomic E-state index is 0.0542. The number of pyridine rings is 1. The molecule has 0 atom stereocenters. The van der Waals surface area contributed by atoms with Crippen molar-refractivity contribution in [2.24, 2.45) is 0 Å². The smallest absolute Gasteiger partial charge is 0.242 e. The Labute approximate surface area is 78.3 Å². The minimum Gasteiger partial charge on any atom is -0.242 e. The average Bonchev–Trinajstić information content (AvgIpc) is 2.00. The van der Waals surface area contributed by atoms with E-state index in [1.54, 1.807) is 0 Å². The molecular formula is C7H5Cl2F2N. The summed E-state index contributed by atoms with van der Waals surface area (Å²) in [7, 11) is 0. The first-order chi connectivity index (χ1) is 5.54. The maximum Gasteiger partial charge on any atom is 0.265 e. The molecule has 0 aromatic carbocycles. The van der Waals surface area contributed by atoms with E-state index in [0.29, 0.717) is 0 Å². The van der Waals surface area contributed by atoms with Crippen molar-refractivity contribution in [3.8, 4) is 0 Å². The van der Waals surface area contributed by atoms with Crippen LogP contribution in [-0.2, 0) is 0 Å². The van der Waals surface area contributed by atoms with Gasteiger partial charge in [-0.1, -0.05) is 23.2 Å².